The van der Waals surface area contributed by atoms with Gasteiger partial charge < -0.3 is 14.3 Å². The number of hydrogen-bond acceptors (Lipinski definition) is 5. The van der Waals surface area contributed by atoms with Gasteiger partial charge in [0.1, 0.15) is 11.5 Å². The first-order valence-electron chi connectivity index (χ1n) is 5.99. The van der Waals surface area contributed by atoms with E-state index in [1.165, 1.54) is 11.8 Å². The van der Waals surface area contributed by atoms with Gasteiger partial charge in [-0.2, -0.15) is 0 Å². The first kappa shape index (κ1) is 14.0. The minimum absolute atomic E-state index is 0.574. The molecule has 2 rings (SSSR count). The van der Waals surface area contributed by atoms with Crippen molar-refractivity contribution >= 4 is 11.8 Å². The smallest absolute Gasteiger partial charge is 0.261 e. The molecule has 1 atom stereocenters. The zero-order chi connectivity index (χ0) is 14.0. The van der Waals surface area contributed by atoms with E-state index in [-0.39, 0.29) is 0 Å². The molecule has 0 aliphatic rings. The van der Waals surface area contributed by atoms with Crippen LogP contribution >= 0.6 is 11.8 Å². The van der Waals surface area contributed by atoms with Crippen LogP contribution in [0.4, 0.5) is 0 Å². The summed E-state index contributed by atoms with van der Waals surface area (Å²) in [6.45, 7) is 5.51. The molecule has 5 heteroatoms. The van der Waals surface area contributed by atoms with Crippen molar-refractivity contribution in [1.82, 2.24) is 4.98 Å². The second kappa shape index (κ2) is 5.67. The van der Waals surface area contributed by atoms with Gasteiger partial charge in [-0.25, -0.2) is 4.98 Å². The lowest BCUT2D eigenvalue weighted by atomic mass is 10.1. The summed E-state index contributed by atoms with van der Waals surface area (Å²) in [6, 6.07) is 5.64. The fourth-order valence-corrected chi connectivity index (χ4v) is 2.85. The summed E-state index contributed by atoms with van der Waals surface area (Å²) in [6.07, 6.45) is -0.615. The van der Waals surface area contributed by atoms with E-state index in [1.54, 1.807) is 14.0 Å². The number of benzene rings is 1. The van der Waals surface area contributed by atoms with E-state index >= 15 is 0 Å². The lowest BCUT2D eigenvalue weighted by Crippen LogP contribution is -1.98. The molecule has 0 spiro atoms. The number of nitrogens with zero attached hydrogens (tertiary/aromatic N) is 1. The molecule has 1 N–H and O–H groups in total. The summed E-state index contributed by atoms with van der Waals surface area (Å²) in [5.41, 5.74) is 1.63. The molecule has 19 heavy (non-hydrogen) atoms. The van der Waals surface area contributed by atoms with Gasteiger partial charge in [-0.3, -0.25) is 0 Å². The van der Waals surface area contributed by atoms with E-state index < -0.39 is 6.10 Å². The highest BCUT2D eigenvalue weighted by Crippen LogP contribution is 2.38. The van der Waals surface area contributed by atoms with Crippen LogP contribution < -0.4 is 4.74 Å². The first-order valence-corrected chi connectivity index (χ1v) is 6.81. The van der Waals surface area contributed by atoms with E-state index in [4.69, 9.17) is 9.15 Å². The van der Waals surface area contributed by atoms with Gasteiger partial charge in [-0.05, 0) is 44.7 Å². The Balaban J connectivity index is 2.39. The molecule has 0 aliphatic carbocycles. The van der Waals surface area contributed by atoms with Crippen molar-refractivity contribution in [3.05, 3.63) is 35.2 Å². The van der Waals surface area contributed by atoms with E-state index in [0.717, 1.165) is 21.9 Å². The van der Waals surface area contributed by atoms with Crippen LogP contribution in [0, 0.1) is 13.8 Å². The highest BCUT2D eigenvalue weighted by atomic mass is 32.2. The summed E-state index contributed by atoms with van der Waals surface area (Å²) in [4.78, 5) is 5.22. The van der Waals surface area contributed by atoms with Crippen LogP contribution in [0.2, 0.25) is 0 Å². The van der Waals surface area contributed by atoms with Crippen molar-refractivity contribution < 1.29 is 14.3 Å². The Morgan fingerprint density at radius 3 is 2.63 bits per heavy atom. The lowest BCUT2D eigenvalue weighted by molar-refractivity contribution is 0.191. The Bertz CT molecular complexity index is 559. The molecule has 102 valence electrons. The topological polar surface area (TPSA) is 55.5 Å². The van der Waals surface area contributed by atoms with Crippen molar-refractivity contribution in [1.29, 1.82) is 0 Å². The fraction of sp³-hybridized carbons (Fsp3) is 0.357. The third-order valence-electron chi connectivity index (χ3n) is 2.87. The monoisotopic (exact) mass is 279 g/mol. The summed E-state index contributed by atoms with van der Waals surface area (Å²) < 4.78 is 10.8. The molecule has 0 saturated carbocycles. The number of aliphatic hydroxyl groups excluding tert-OH is 1. The summed E-state index contributed by atoms with van der Waals surface area (Å²) >= 11 is 1.39. The molecule has 1 heterocycles. The Morgan fingerprint density at radius 1 is 1.37 bits per heavy atom. The standard InChI is InChI=1S/C14H17NO3S/c1-8-10(3)18-14(15-8)19-12-7-5-6-11(17-4)13(12)9(2)16/h5-7,9,16H,1-4H3. The normalized spacial score (nSPS) is 12.5. The molecule has 0 bridgehead atoms. The summed E-state index contributed by atoms with van der Waals surface area (Å²) in [5.74, 6) is 1.48. The third kappa shape index (κ3) is 2.93. The number of aromatic nitrogens is 1. The third-order valence-corrected chi connectivity index (χ3v) is 3.80. The van der Waals surface area contributed by atoms with Crippen molar-refractivity contribution in [2.24, 2.45) is 0 Å². The molecular weight excluding hydrogens is 262 g/mol. The van der Waals surface area contributed by atoms with E-state index in [1.807, 2.05) is 32.0 Å². The van der Waals surface area contributed by atoms with Crippen LogP contribution in [-0.4, -0.2) is 17.2 Å². The Hall–Kier alpha value is -1.46. The molecule has 1 aromatic heterocycles. The quantitative estimate of drug-likeness (QED) is 0.928. The van der Waals surface area contributed by atoms with E-state index in [2.05, 4.69) is 4.98 Å². The SMILES string of the molecule is COc1cccc(Sc2nc(C)c(C)o2)c1C(C)O. The van der Waals surface area contributed by atoms with Crippen LogP contribution in [0.15, 0.2) is 32.7 Å². The number of ether oxygens (including phenoxy) is 1. The molecular formula is C14H17NO3S. The zero-order valence-corrected chi connectivity index (χ0v) is 12.2. The van der Waals surface area contributed by atoms with Gasteiger partial charge in [0.05, 0.1) is 18.9 Å². The van der Waals surface area contributed by atoms with Gasteiger partial charge in [-0.15, -0.1) is 0 Å². The van der Waals surface area contributed by atoms with Crippen molar-refractivity contribution in [3.63, 3.8) is 0 Å². The van der Waals surface area contributed by atoms with Crippen LogP contribution in [0.1, 0.15) is 30.0 Å². The second-order valence-corrected chi connectivity index (χ2v) is 5.26. The maximum atomic E-state index is 9.91. The predicted octanol–water partition coefficient (Wildman–Crippen LogP) is 3.50. The number of oxazole rings is 1. The summed E-state index contributed by atoms with van der Waals surface area (Å²) in [7, 11) is 1.59. The highest BCUT2D eigenvalue weighted by molar-refractivity contribution is 7.99. The van der Waals surface area contributed by atoms with E-state index in [0.29, 0.717) is 11.0 Å². The maximum absolute atomic E-state index is 9.91. The maximum Gasteiger partial charge on any atom is 0.261 e. The Labute approximate surface area is 116 Å². The van der Waals surface area contributed by atoms with E-state index in [9.17, 15) is 5.11 Å². The number of methoxy groups -OCH3 is 1. The number of aryl methyl sites for hydroxylation is 2. The molecule has 4 nitrogen and oxygen atoms in total. The van der Waals surface area contributed by atoms with Crippen LogP contribution in [0.5, 0.6) is 5.75 Å². The van der Waals surface area contributed by atoms with Gasteiger partial charge >= 0.3 is 0 Å². The predicted molar refractivity (Wildman–Crippen MR) is 73.7 cm³/mol. The number of rotatable bonds is 4. The number of aliphatic hydroxyl groups is 1. The molecule has 2 aromatic rings. The van der Waals surface area contributed by atoms with Gasteiger partial charge in [0.25, 0.3) is 5.22 Å². The van der Waals surface area contributed by atoms with Gasteiger partial charge in [0.2, 0.25) is 0 Å². The molecule has 1 aromatic carbocycles. The summed E-state index contributed by atoms with van der Waals surface area (Å²) in [5, 5.41) is 10.5. The average Bonchev–Trinajstić information content (AvgIpc) is 2.67. The molecule has 0 amide bonds. The highest BCUT2D eigenvalue weighted by Gasteiger charge is 2.17. The second-order valence-electron chi connectivity index (χ2n) is 4.27. The Morgan fingerprint density at radius 2 is 2.11 bits per heavy atom. The molecule has 0 aliphatic heterocycles. The van der Waals surface area contributed by atoms with Gasteiger partial charge in [-0.1, -0.05) is 6.07 Å². The fourth-order valence-electron chi connectivity index (χ4n) is 1.78. The number of hydrogen-bond donors (Lipinski definition) is 1. The van der Waals surface area contributed by atoms with Crippen molar-refractivity contribution in [2.45, 2.75) is 37.0 Å². The van der Waals surface area contributed by atoms with Crippen molar-refractivity contribution in [3.8, 4) is 5.75 Å². The molecule has 0 saturated heterocycles. The molecule has 0 fully saturated rings. The van der Waals surface area contributed by atoms with Crippen LogP contribution in [0.25, 0.3) is 0 Å². The molecule has 1 unspecified atom stereocenters. The lowest BCUT2D eigenvalue weighted by Gasteiger charge is -2.14. The van der Waals surface area contributed by atoms with Crippen molar-refractivity contribution in [2.75, 3.05) is 7.11 Å². The first-order chi connectivity index (χ1) is 9.02. The minimum Gasteiger partial charge on any atom is -0.496 e. The molecule has 0 radical (unpaired) electrons. The minimum atomic E-state index is -0.615. The zero-order valence-electron chi connectivity index (χ0n) is 11.4. The van der Waals surface area contributed by atoms with Gasteiger partial charge in [0, 0.05) is 10.5 Å². The Kier molecular flexibility index (Phi) is 4.17. The van der Waals surface area contributed by atoms with Crippen LogP contribution in [-0.2, 0) is 0 Å². The van der Waals surface area contributed by atoms with Gasteiger partial charge in [0.15, 0.2) is 0 Å². The average molecular weight is 279 g/mol. The largest absolute Gasteiger partial charge is 0.496 e. The van der Waals surface area contributed by atoms with Crippen LogP contribution in [0.3, 0.4) is 0 Å².